The fourth-order valence-electron chi connectivity index (χ4n) is 4.19. The summed E-state index contributed by atoms with van der Waals surface area (Å²) < 4.78 is 5.96. The highest BCUT2D eigenvalue weighted by Crippen LogP contribution is 2.38. The van der Waals surface area contributed by atoms with Gasteiger partial charge in [-0.15, -0.1) is 0 Å². The van der Waals surface area contributed by atoms with E-state index >= 15 is 0 Å². The molecule has 0 N–H and O–H groups in total. The molecule has 148 valence electrons. The van der Waals surface area contributed by atoms with Crippen LogP contribution in [-0.2, 0) is 6.42 Å². The Labute approximate surface area is 174 Å². The second kappa shape index (κ2) is 7.30. The molecule has 1 aliphatic heterocycles. The predicted octanol–water partition coefficient (Wildman–Crippen LogP) is 4.89. The highest BCUT2D eigenvalue weighted by atomic mass is 16.3. The van der Waals surface area contributed by atoms with E-state index in [2.05, 4.69) is 0 Å². The van der Waals surface area contributed by atoms with E-state index in [1.165, 1.54) is 0 Å². The van der Waals surface area contributed by atoms with Crippen molar-refractivity contribution in [1.29, 1.82) is 0 Å². The molecular weight excluding hydrogens is 374 g/mol. The molecule has 1 aromatic heterocycles. The maximum atomic E-state index is 13.4. The van der Waals surface area contributed by atoms with Crippen molar-refractivity contribution in [3.63, 3.8) is 0 Å². The molecule has 2 heterocycles. The van der Waals surface area contributed by atoms with Gasteiger partial charge in [0.1, 0.15) is 5.58 Å². The van der Waals surface area contributed by atoms with E-state index < -0.39 is 6.04 Å². The van der Waals surface area contributed by atoms with Gasteiger partial charge in [0.15, 0.2) is 5.43 Å². The van der Waals surface area contributed by atoms with Crippen molar-refractivity contribution in [3.8, 4) is 0 Å². The molecule has 0 radical (unpaired) electrons. The largest absolute Gasteiger partial charge is 0.450 e. The minimum Gasteiger partial charge on any atom is -0.450 e. The summed E-state index contributed by atoms with van der Waals surface area (Å²) in [5, 5.41) is 0.506. The van der Waals surface area contributed by atoms with Gasteiger partial charge in [0.25, 0.3) is 5.91 Å². The van der Waals surface area contributed by atoms with E-state index in [0.717, 1.165) is 16.7 Å². The van der Waals surface area contributed by atoms with Crippen LogP contribution in [0.5, 0.6) is 0 Å². The van der Waals surface area contributed by atoms with E-state index in [-0.39, 0.29) is 17.1 Å². The lowest BCUT2D eigenvalue weighted by atomic mass is 9.97. The summed E-state index contributed by atoms with van der Waals surface area (Å²) in [6, 6.07) is 24.7. The van der Waals surface area contributed by atoms with Crippen molar-refractivity contribution in [2.75, 3.05) is 6.54 Å². The van der Waals surface area contributed by atoms with Gasteiger partial charge in [0.2, 0.25) is 5.76 Å². The molecule has 0 fully saturated rings. The second-order valence-electron chi connectivity index (χ2n) is 7.72. The molecule has 1 aliphatic rings. The van der Waals surface area contributed by atoms with Gasteiger partial charge in [0.05, 0.1) is 17.0 Å². The summed E-state index contributed by atoms with van der Waals surface area (Å²) in [5.41, 5.74) is 3.95. The van der Waals surface area contributed by atoms with Gasteiger partial charge in [-0.2, -0.15) is 0 Å². The molecular formula is C26H21NO3. The van der Waals surface area contributed by atoms with Gasteiger partial charge in [-0.25, -0.2) is 0 Å². The molecule has 4 heteroatoms. The van der Waals surface area contributed by atoms with E-state index in [0.29, 0.717) is 29.5 Å². The van der Waals surface area contributed by atoms with Crippen LogP contribution in [0.2, 0.25) is 0 Å². The lowest BCUT2D eigenvalue weighted by Crippen LogP contribution is -2.31. The fourth-order valence-corrected chi connectivity index (χ4v) is 4.19. The number of nitrogens with zero attached hydrogens (tertiary/aromatic N) is 1. The monoisotopic (exact) mass is 395 g/mol. The van der Waals surface area contributed by atoms with Crippen LogP contribution in [0.15, 0.2) is 88.1 Å². The Morgan fingerprint density at radius 2 is 1.57 bits per heavy atom. The van der Waals surface area contributed by atoms with Gasteiger partial charge in [-0.3, -0.25) is 9.59 Å². The first-order chi connectivity index (χ1) is 14.6. The second-order valence-corrected chi connectivity index (χ2v) is 7.72. The topological polar surface area (TPSA) is 50.5 Å². The van der Waals surface area contributed by atoms with Crippen LogP contribution in [0.1, 0.15) is 38.9 Å². The molecule has 4 aromatic rings. The standard InChI is InChI=1S/C26H21NO3/c1-17-11-13-19(14-12-17)23-22-24(28)20-9-5-6-10-21(20)30-25(22)26(29)27(23)16-15-18-7-3-2-4-8-18/h2-14,23H,15-16H2,1H3/t23-/m0/s1. The summed E-state index contributed by atoms with van der Waals surface area (Å²) in [6.07, 6.45) is 0.705. The van der Waals surface area contributed by atoms with Crippen molar-refractivity contribution < 1.29 is 9.21 Å². The quantitative estimate of drug-likeness (QED) is 0.494. The molecule has 1 amide bonds. The number of carbonyl (C=O) groups excluding carboxylic acids is 1. The fraction of sp³-hybridized carbons (Fsp3) is 0.154. The zero-order chi connectivity index (χ0) is 20.7. The number of hydrogen-bond donors (Lipinski definition) is 0. The normalized spacial score (nSPS) is 15.6. The van der Waals surface area contributed by atoms with Crippen LogP contribution in [0, 0.1) is 6.92 Å². The lowest BCUT2D eigenvalue weighted by Gasteiger charge is -2.25. The van der Waals surface area contributed by atoms with Crippen molar-refractivity contribution in [2.24, 2.45) is 0 Å². The summed E-state index contributed by atoms with van der Waals surface area (Å²) in [5.74, 6) is -0.0632. The Kier molecular flexibility index (Phi) is 4.47. The number of amides is 1. The molecule has 5 rings (SSSR count). The third kappa shape index (κ3) is 3.01. The van der Waals surface area contributed by atoms with Crippen LogP contribution >= 0.6 is 0 Å². The van der Waals surface area contributed by atoms with Crippen molar-refractivity contribution in [1.82, 2.24) is 4.90 Å². The Balaban J connectivity index is 1.64. The number of hydrogen-bond acceptors (Lipinski definition) is 3. The SMILES string of the molecule is Cc1ccc([C@H]2c3c(oc4ccccc4c3=O)C(=O)N2CCc2ccccc2)cc1. The molecule has 0 unspecified atom stereocenters. The molecule has 0 saturated heterocycles. The zero-order valence-corrected chi connectivity index (χ0v) is 16.7. The summed E-state index contributed by atoms with van der Waals surface area (Å²) in [7, 11) is 0. The number of rotatable bonds is 4. The molecule has 3 aromatic carbocycles. The van der Waals surface area contributed by atoms with Crippen LogP contribution < -0.4 is 5.43 Å². The molecule has 1 atom stereocenters. The van der Waals surface area contributed by atoms with Gasteiger partial charge in [0, 0.05) is 6.54 Å². The maximum Gasteiger partial charge on any atom is 0.290 e. The van der Waals surface area contributed by atoms with Crippen LogP contribution in [0.4, 0.5) is 0 Å². The minimum atomic E-state index is -0.447. The van der Waals surface area contributed by atoms with Crippen molar-refractivity contribution in [2.45, 2.75) is 19.4 Å². The summed E-state index contributed by atoms with van der Waals surface area (Å²) in [4.78, 5) is 28.5. The molecule has 30 heavy (non-hydrogen) atoms. The van der Waals surface area contributed by atoms with E-state index in [1.807, 2.05) is 73.7 Å². The molecule has 0 saturated carbocycles. The van der Waals surface area contributed by atoms with Crippen LogP contribution in [0.3, 0.4) is 0 Å². The van der Waals surface area contributed by atoms with Crippen LogP contribution in [-0.4, -0.2) is 17.4 Å². The lowest BCUT2D eigenvalue weighted by molar-refractivity contribution is 0.0730. The average Bonchev–Trinajstić information content (AvgIpc) is 3.06. The number of carbonyl (C=O) groups is 1. The first-order valence-electron chi connectivity index (χ1n) is 10.1. The Morgan fingerprint density at radius 3 is 2.33 bits per heavy atom. The first kappa shape index (κ1) is 18.4. The van der Waals surface area contributed by atoms with Gasteiger partial charge in [-0.1, -0.05) is 72.3 Å². The minimum absolute atomic E-state index is 0.131. The van der Waals surface area contributed by atoms with Crippen LogP contribution in [0.25, 0.3) is 11.0 Å². The van der Waals surface area contributed by atoms with E-state index in [9.17, 15) is 9.59 Å². The van der Waals surface area contributed by atoms with Gasteiger partial charge < -0.3 is 9.32 Å². The third-order valence-corrected chi connectivity index (χ3v) is 5.75. The Bertz CT molecular complexity index is 1290. The smallest absolute Gasteiger partial charge is 0.290 e. The number of para-hydroxylation sites is 1. The molecule has 4 nitrogen and oxygen atoms in total. The number of fused-ring (bicyclic) bond motifs is 2. The first-order valence-corrected chi connectivity index (χ1v) is 10.1. The Morgan fingerprint density at radius 1 is 0.867 bits per heavy atom. The maximum absolute atomic E-state index is 13.4. The van der Waals surface area contributed by atoms with Crippen molar-refractivity contribution in [3.05, 3.63) is 117 Å². The number of aryl methyl sites for hydroxylation is 1. The highest BCUT2D eigenvalue weighted by molar-refractivity contribution is 5.99. The zero-order valence-electron chi connectivity index (χ0n) is 16.7. The summed E-state index contributed by atoms with van der Waals surface area (Å²) >= 11 is 0. The van der Waals surface area contributed by atoms with Gasteiger partial charge >= 0.3 is 0 Å². The predicted molar refractivity (Wildman–Crippen MR) is 117 cm³/mol. The van der Waals surface area contributed by atoms with Gasteiger partial charge in [-0.05, 0) is 36.6 Å². The highest BCUT2D eigenvalue weighted by Gasteiger charge is 2.42. The third-order valence-electron chi connectivity index (χ3n) is 5.75. The molecule has 0 aliphatic carbocycles. The summed E-state index contributed by atoms with van der Waals surface area (Å²) in [6.45, 7) is 2.52. The molecule has 0 bridgehead atoms. The number of benzene rings is 3. The average molecular weight is 395 g/mol. The molecule has 0 spiro atoms. The van der Waals surface area contributed by atoms with Crippen molar-refractivity contribution >= 4 is 16.9 Å². The Hall–Kier alpha value is -3.66. The van der Waals surface area contributed by atoms with E-state index in [4.69, 9.17) is 4.42 Å². The van der Waals surface area contributed by atoms with E-state index in [1.54, 1.807) is 17.0 Å².